The van der Waals surface area contributed by atoms with Gasteiger partial charge in [0.1, 0.15) is 12.4 Å². The maximum absolute atomic E-state index is 5.82. The summed E-state index contributed by atoms with van der Waals surface area (Å²) < 4.78 is 5.82. The number of rotatable bonds is 4. The van der Waals surface area contributed by atoms with Crippen LogP contribution in [0.25, 0.3) is 0 Å². The molecule has 0 amide bonds. The molecule has 2 aromatic carbocycles. The van der Waals surface area contributed by atoms with Crippen molar-refractivity contribution in [3.63, 3.8) is 0 Å². The van der Waals surface area contributed by atoms with Gasteiger partial charge < -0.3 is 9.64 Å². The Morgan fingerprint density at radius 3 is 2.45 bits per heavy atom. The van der Waals surface area contributed by atoms with Crippen molar-refractivity contribution in [1.29, 1.82) is 0 Å². The van der Waals surface area contributed by atoms with Gasteiger partial charge in [-0.25, -0.2) is 0 Å². The highest BCUT2D eigenvalue weighted by Crippen LogP contribution is 2.27. The zero-order chi connectivity index (χ0) is 13.8. The number of likely N-dealkylation sites (N-methyl/N-ethyl adjacent to an activating group) is 1. The third-order valence-electron chi connectivity index (χ3n) is 3.99. The van der Waals surface area contributed by atoms with Crippen LogP contribution in [0.2, 0.25) is 0 Å². The van der Waals surface area contributed by atoms with E-state index in [1.54, 1.807) is 0 Å². The fraction of sp³-hybridized carbons (Fsp3) is 0.333. The molecule has 0 aromatic heterocycles. The van der Waals surface area contributed by atoms with E-state index in [1.165, 1.54) is 30.6 Å². The van der Waals surface area contributed by atoms with Crippen LogP contribution < -0.4 is 4.74 Å². The molecule has 2 aromatic rings. The lowest BCUT2D eigenvalue weighted by Crippen LogP contribution is -2.13. The number of hydrogen-bond donors (Lipinski definition) is 0. The minimum Gasteiger partial charge on any atom is -0.489 e. The maximum atomic E-state index is 5.82. The van der Waals surface area contributed by atoms with Crippen molar-refractivity contribution < 1.29 is 4.74 Å². The van der Waals surface area contributed by atoms with Gasteiger partial charge in [0.25, 0.3) is 0 Å². The van der Waals surface area contributed by atoms with Gasteiger partial charge in [-0.05, 0) is 49.2 Å². The van der Waals surface area contributed by atoms with E-state index in [1.807, 2.05) is 18.2 Å². The lowest BCUT2D eigenvalue weighted by atomic mass is 9.98. The van der Waals surface area contributed by atoms with Crippen LogP contribution in [0.3, 0.4) is 0 Å². The number of benzene rings is 2. The third-order valence-corrected chi connectivity index (χ3v) is 3.99. The predicted octanol–water partition coefficient (Wildman–Crippen LogP) is 3.68. The molecule has 2 nitrogen and oxygen atoms in total. The quantitative estimate of drug-likeness (QED) is 0.837. The number of hydrogen-bond acceptors (Lipinski definition) is 2. The monoisotopic (exact) mass is 267 g/mol. The molecule has 1 aliphatic heterocycles. The summed E-state index contributed by atoms with van der Waals surface area (Å²) in [5.74, 6) is 1.63. The molecule has 1 heterocycles. The molecule has 0 saturated carbocycles. The minimum absolute atomic E-state index is 0.631. The topological polar surface area (TPSA) is 12.5 Å². The van der Waals surface area contributed by atoms with Gasteiger partial charge in [-0.3, -0.25) is 0 Å². The Hall–Kier alpha value is -1.80. The van der Waals surface area contributed by atoms with Gasteiger partial charge in [-0.2, -0.15) is 0 Å². The van der Waals surface area contributed by atoms with Crippen molar-refractivity contribution in [1.82, 2.24) is 4.90 Å². The molecular weight excluding hydrogens is 246 g/mol. The molecule has 104 valence electrons. The highest BCUT2D eigenvalue weighted by molar-refractivity contribution is 5.30. The first-order valence-electron chi connectivity index (χ1n) is 7.26. The van der Waals surface area contributed by atoms with Gasteiger partial charge in [0.2, 0.25) is 0 Å². The molecule has 0 bridgehead atoms. The molecule has 1 unspecified atom stereocenters. The average molecular weight is 267 g/mol. The molecule has 0 radical (unpaired) electrons. The van der Waals surface area contributed by atoms with E-state index in [0.717, 1.165) is 5.75 Å². The van der Waals surface area contributed by atoms with Crippen LogP contribution in [0.15, 0.2) is 54.6 Å². The Labute approximate surface area is 121 Å². The summed E-state index contributed by atoms with van der Waals surface area (Å²) in [6, 6.07) is 18.9. The van der Waals surface area contributed by atoms with Gasteiger partial charge in [-0.1, -0.05) is 42.5 Å². The van der Waals surface area contributed by atoms with E-state index in [2.05, 4.69) is 48.3 Å². The van der Waals surface area contributed by atoms with Crippen LogP contribution in [0.1, 0.15) is 23.5 Å². The normalized spacial score (nSPS) is 19.1. The Kier molecular flexibility index (Phi) is 4.03. The number of ether oxygens (including phenoxy) is 1. The molecule has 0 N–H and O–H groups in total. The van der Waals surface area contributed by atoms with Crippen molar-refractivity contribution in [3.8, 4) is 5.75 Å². The van der Waals surface area contributed by atoms with Crippen molar-refractivity contribution in [2.45, 2.75) is 18.9 Å². The second-order valence-electron chi connectivity index (χ2n) is 5.59. The highest BCUT2D eigenvalue weighted by atomic mass is 16.5. The Bertz CT molecular complexity index is 535. The second-order valence-corrected chi connectivity index (χ2v) is 5.59. The van der Waals surface area contributed by atoms with Crippen molar-refractivity contribution >= 4 is 0 Å². The van der Waals surface area contributed by atoms with E-state index < -0.39 is 0 Å². The highest BCUT2D eigenvalue weighted by Gasteiger charge is 2.20. The molecule has 1 aliphatic rings. The maximum Gasteiger partial charge on any atom is 0.119 e. The van der Waals surface area contributed by atoms with Crippen molar-refractivity contribution in [2.75, 3.05) is 20.1 Å². The zero-order valence-electron chi connectivity index (χ0n) is 12.0. The van der Waals surface area contributed by atoms with Crippen molar-refractivity contribution in [2.24, 2.45) is 0 Å². The van der Waals surface area contributed by atoms with Gasteiger partial charge in [0, 0.05) is 6.54 Å². The fourth-order valence-electron chi connectivity index (χ4n) is 2.78. The average Bonchev–Trinajstić information content (AvgIpc) is 2.93. The summed E-state index contributed by atoms with van der Waals surface area (Å²) in [7, 11) is 2.19. The van der Waals surface area contributed by atoms with Gasteiger partial charge >= 0.3 is 0 Å². The predicted molar refractivity (Wildman–Crippen MR) is 82.1 cm³/mol. The summed E-state index contributed by atoms with van der Waals surface area (Å²) in [5.41, 5.74) is 2.63. The lowest BCUT2D eigenvalue weighted by Gasteiger charge is -2.12. The molecule has 0 aliphatic carbocycles. The SMILES string of the molecule is CN1CCC(c2ccc(OCc3ccccc3)cc2)C1. The van der Waals surface area contributed by atoms with Crippen LogP contribution in [-0.2, 0) is 6.61 Å². The van der Waals surface area contributed by atoms with E-state index in [9.17, 15) is 0 Å². The van der Waals surface area contributed by atoms with Crippen LogP contribution in [0, 0.1) is 0 Å². The Morgan fingerprint density at radius 1 is 1.05 bits per heavy atom. The minimum atomic E-state index is 0.631. The molecule has 3 rings (SSSR count). The van der Waals surface area contributed by atoms with E-state index in [0.29, 0.717) is 12.5 Å². The van der Waals surface area contributed by atoms with Crippen molar-refractivity contribution in [3.05, 3.63) is 65.7 Å². The largest absolute Gasteiger partial charge is 0.489 e. The zero-order valence-corrected chi connectivity index (χ0v) is 12.0. The van der Waals surface area contributed by atoms with Gasteiger partial charge in [-0.15, -0.1) is 0 Å². The second kappa shape index (κ2) is 6.10. The van der Waals surface area contributed by atoms with Crippen LogP contribution in [0.4, 0.5) is 0 Å². The Balaban J connectivity index is 1.59. The molecule has 1 atom stereocenters. The molecular formula is C18H21NO. The first kappa shape index (κ1) is 13.2. The summed E-state index contributed by atoms with van der Waals surface area (Å²) in [6.45, 7) is 3.01. The summed E-state index contributed by atoms with van der Waals surface area (Å²) in [6.07, 6.45) is 1.26. The van der Waals surface area contributed by atoms with E-state index >= 15 is 0 Å². The van der Waals surface area contributed by atoms with Gasteiger partial charge in [0.05, 0.1) is 0 Å². The van der Waals surface area contributed by atoms with Crippen LogP contribution in [0.5, 0.6) is 5.75 Å². The van der Waals surface area contributed by atoms with E-state index in [-0.39, 0.29) is 0 Å². The molecule has 1 saturated heterocycles. The number of likely N-dealkylation sites (tertiary alicyclic amines) is 1. The van der Waals surface area contributed by atoms with Gasteiger partial charge in [0.15, 0.2) is 0 Å². The summed E-state index contributed by atoms with van der Waals surface area (Å²) >= 11 is 0. The first-order chi connectivity index (χ1) is 9.81. The third kappa shape index (κ3) is 3.20. The Morgan fingerprint density at radius 2 is 1.80 bits per heavy atom. The van der Waals surface area contributed by atoms with Crippen LogP contribution >= 0.6 is 0 Å². The standard InChI is InChI=1S/C18H21NO/c1-19-12-11-17(13-19)16-7-9-18(10-8-16)20-14-15-5-3-2-4-6-15/h2-10,17H,11-14H2,1H3. The van der Waals surface area contributed by atoms with Crippen LogP contribution in [-0.4, -0.2) is 25.0 Å². The van der Waals surface area contributed by atoms with E-state index in [4.69, 9.17) is 4.74 Å². The molecule has 1 fully saturated rings. The molecule has 0 spiro atoms. The fourth-order valence-corrected chi connectivity index (χ4v) is 2.78. The molecule has 2 heteroatoms. The number of nitrogens with zero attached hydrogens (tertiary/aromatic N) is 1. The smallest absolute Gasteiger partial charge is 0.119 e. The lowest BCUT2D eigenvalue weighted by molar-refractivity contribution is 0.306. The summed E-state index contributed by atoms with van der Waals surface area (Å²) in [4.78, 5) is 2.39. The summed E-state index contributed by atoms with van der Waals surface area (Å²) in [5, 5.41) is 0. The molecule has 20 heavy (non-hydrogen) atoms. The first-order valence-corrected chi connectivity index (χ1v) is 7.26.